The highest BCUT2D eigenvalue weighted by Crippen LogP contribution is 2.46. The SMILES string of the molecule is COc1nc(N)nc2c1ncn2[C@@H]1OC(COP(=O)(NC(Cc2ccccc2)C(=O)OC(C)C)NC(Cc2ccccc2)C(O)OC(C)C)=C(O)C1(C)O. The summed E-state index contributed by atoms with van der Waals surface area (Å²) in [5.74, 6) is -1.66. The highest BCUT2D eigenvalue weighted by Gasteiger charge is 2.49. The van der Waals surface area contributed by atoms with Crippen molar-refractivity contribution in [3.63, 3.8) is 0 Å². The molecule has 0 fully saturated rings. The normalized spacial score (nSPS) is 20.1. The van der Waals surface area contributed by atoms with Crippen LogP contribution in [0.4, 0.5) is 5.95 Å². The van der Waals surface area contributed by atoms with Gasteiger partial charge in [-0.2, -0.15) is 9.97 Å². The summed E-state index contributed by atoms with van der Waals surface area (Å²) in [4.78, 5) is 26.0. The van der Waals surface area contributed by atoms with Crippen molar-refractivity contribution >= 4 is 30.8 Å². The summed E-state index contributed by atoms with van der Waals surface area (Å²) in [7, 11) is -3.09. The first-order valence-corrected chi connectivity index (χ1v) is 19.0. The van der Waals surface area contributed by atoms with Gasteiger partial charge in [0.2, 0.25) is 18.1 Å². The Morgan fingerprint density at radius 3 is 2.24 bits per heavy atom. The molecular formula is C36H48N7O10P. The van der Waals surface area contributed by atoms with Gasteiger partial charge in [-0.05, 0) is 58.6 Å². The molecule has 0 amide bonds. The number of hydrogen-bond acceptors (Lipinski definition) is 14. The van der Waals surface area contributed by atoms with Crippen molar-refractivity contribution in [1.29, 1.82) is 0 Å². The molecule has 5 unspecified atom stereocenters. The smallest absolute Gasteiger partial charge is 0.342 e. The van der Waals surface area contributed by atoms with Crippen LogP contribution in [0.25, 0.3) is 11.2 Å². The minimum Gasteiger partial charge on any atom is -0.506 e. The summed E-state index contributed by atoms with van der Waals surface area (Å²) in [5.41, 5.74) is 5.69. The maximum absolute atomic E-state index is 15.1. The van der Waals surface area contributed by atoms with Crippen LogP contribution in [0.2, 0.25) is 0 Å². The van der Waals surface area contributed by atoms with E-state index in [-0.39, 0.29) is 41.6 Å². The quantitative estimate of drug-likeness (QED) is 0.0481. The highest BCUT2D eigenvalue weighted by molar-refractivity contribution is 7.54. The number of imidazole rings is 1. The molecule has 5 rings (SSSR count). The van der Waals surface area contributed by atoms with Crippen molar-refractivity contribution in [3.8, 4) is 5.88 Å². The van der Waals surface area contributed by atoms with E-state index in [4.69, 9.17) is 29.2 Å². The number of carbonyl (C=O) groups excluding carboxylic acids is 1. The first-order chi connectivity index (χ1) is 25.6. The molecule has 0 saturated carbocycles. The maximum Gasteiger partial charge on any atom is 0.342 e. The number of nitrogen functional groups attached to an aromatic ring is 1. The summed E-state index contributed by atoms with van der Waals surface area (Å²) in [5, 5.41) is 39.8. The molecule has 0 bridgehead atoms. The second-order valence-electron chi connectivity index (χ2n) is 13.5. The zero-order chi connectivity index (χ0) is 39.2. The Hall–Kier alpha value is -4.61. The van der Waals surface area contributed by atoms with E-state index in [0.717, 1.165) is 11.1 Å². The van der Waals surface area contributed by atoms with Gasteiger partial charge in [0.15, 0.2) is 34.6 Å². The van der Waals surface area contributed by atoms with Crippen molar-refractivity contribution in [2.75, 3.05) is 19.5 Å². The van der Waals surface area contributed by atoms with Gasteiger partial charge in [0.25, 0.3) is 0 Å². The molecule has 2 aromatic carbocycles. The summed E-state index contributed by atoms with van der Waals surface area (Å²) in [6.07, 6.45) is -2.24. The Bertz CT molecular complexity index is 1960. The molecule has 17 nitrogen and oxygen atoms in total. The lowest BCUT2D eigenvalue weighted by Gasteiger charge is -2.32. The summed E-state index contributed by atoms with van der Waals surface area (Å²) in [6, 6.07) is 15.9. The number of ether oxygens (including phenoxy) is 4. The van der Waals surface area contributed by atoms with Crippen molar-refractivity contribution in [3.05, 3.63) is 89.6 Å². The summed E-state index contributed by atoms with van der Waals surface area (Å²) in [6.45, 7) is 7.48. The number of carbonyl (C=O) groups is 1. The number of anilines is 1. The largest absolute Gasteiger partial charge is 0.506 e. The van der Waals surface area contributed by atoms with E-state index in [0.29, 0.717) is 0 Å². The highest BCUT2D eigenvalue weighted by atomic mass is 31.2. The molecule has 0 spiro atoms. The molecule has 7 N–H and O–H groups in total. The van der Waals surface area contributed by atoms with Crippen LogP contribution in [0.15, 0.2) is 78.5 Å². The Kier molecular flexibility index (Phi) is 13.0. The molecule has 3 heterocycles. The predicted octanol–water partition coefficient (Wildman–Crippen LogP) is 3.69. The number of aromatic nitrogens is 4. The number of aliphatic hydroxyl groups excluding tert-OH is 2. The van der Waals surface area contributed by atoms with E-state index < -0.39 is 68.4 Å². The minimum atomic E-state index is -4.48. The number of nitrogens with two attached hydrogens (primary N) is 1. The van der Waals surface area contributed by atoms with Gasteiger partial charge in [0, 0.05) is 0 Å². The number of nitrogens with zero attached hydrogens (tertiary/aromatic N) is 4. The molecule has 1 aliphatic rings. The van der Waals surface area contributed by atoms with Gasteiger partial charge < -0.3 is 40.0 Å². The molecule has 0 saturated heterocycles. The lowest BCUT2D eigenvalue weighted by molar-refractivity contribution is -0.149. The number of nitrogens with one attached hydrogen (secondary N) is 2. The van der Waals surface area contributed by atoms with Crippen LogP contribution in [0.1, 0.15) is 52.0 Å². The van der Waals surface area contributed by atoms with E-state index >= 15 is 4.57 Å². The van der Waals surface area contributed by atoms with Crippen molar-refractivity contribution in [2.45, 2.75) is 89.9 Å². The molecular weight excluding hydrogens is 721 g/mol. The molecule has 292 valence electrons. The monoisotopic (exact) mass is 769 g/mol. The van der Waals surface area contributed by atoms with E-state index in [2.05, 4.69) is 25.1 Å². The van der Waals surface area contributed by atoms with Crippen LogP contribution >= 0.6 is 7.67 Å². The maximum atomic E-state index is 15.1. The van der Waals surface area contributed by atoms with E-state index in [1.54, 1.807) is 52.0 Å². The average molecular weight is 770 g/mol. The van der Waals surface area contributed by atoms with Gasteiger partial charge in [-0.1, -0.05) is 60.7 Å². The molecule has 0 aliphatic carbocycles. The van der Waals surface area contributed by atoms with Crippen LogP contribution in [0, 0.1) is 0 Å². The number of esters is 1. The third kappa shape index (κ3) is 9.73. The number of rotatable bonds is 18. The number of methoxy groups -OCH3 is 1. The number of benzene rings is 2. The van der Waals surface area contributed by atoms with E-state index in [1.165, 1.54) is 24.9 Å². The van der Waals surface area contributed by atoms with Gasteiger partial charge in [-0.25, -0.2) is 15.2 Å². The fourth-order valence-corrected chi connectivity index (χ4v) is 7.62. The molecule has 4 aromatic rings. The fraction of sp³-hybridized carbons (Fsp3) is 0.444. The van der Waals surface area contributed by atoms with Crippen LogP contribution in [0.3, 0.4) is 0 Å². The zero-order valence-corrected chi connectivity index (χ0v) is 31.8. The van der Waals surface area contributed by atoms with Crippen LogP contribution in [-0.4, -0.2) is 90.7 Å². The van der Waals surface area contributed by atoms with Crippen LogP contribution < -0.4 is 20.6 Å². The van der Waals surface area contributed by atoms with Gasteiger partial charge >= 0.3 is 13.6 Å². The predicted molar refractivity (Wildman–Crippen MR) is 198 cm³/mol. The van der Waals surface area contributed by atoms with Gasteiger partial charge in [-0.3, -0.25) is 18.5 Å². The number of aliphatic hydroxyl groups is 3. The molecule has 1 aliphatic heterocycles. The van der Waals surface area contributed by atoms with E-state index in [1.807, 2.05) is 36.4 Å². The van der Waals surface area contributed by atoms with E-state index in [9.17, 15) is 20.1 Å². The first kappa shape index (κ1) is 40.6. The third-order valence-electron chi connectivity index (χ3n) is 8.34. The van der Waals surface area contributed by atoms with Crippen LogP contribution in [-0.2, 0) is 40.9 Å². The summed E-state index contributed by atoms with van der Waals surface area (Å²) >= 11 is 0. The molecule has 0 radical (unpaired) electrons. The molecule has 18 heteroatoms. The fourth-order valence-electron chi connectivity index (χ4n) is 5.84. The molecule has 2 aromatic heterocycles. The standard InChI is InChI=1S/C36H48N7O10P/c1-21(2)51-32(45)25(17-23-13-9-7-10-14-23)41-54(48,42-26(33(46)52-22(3)4)18-24-15-11-8-12-16-24)50-19-27-29(44)36(5,47)34(53-27)43-20-38-28-30(43)39-35(37)40-31(28)49-6/h7-16,20-22,25-26,32,34,44-45,47H,17-19H2,1-6H3,(H2,37,39,40)(H2,41,42,48)/t25?,26?,32?,34-,36?,54?/m1/s1. The van der Waals surface area contributed by atoms with Crippen LogP contribution in [0.5, 0.6) is 5.88 Å². The van der Waals surface area contributed by atoms with Gasteiger partial charge in [0.1, 0.15) is 19.0 Å². The zero-order valence-electron chi connectivity index (χ0n) is 30.9. The lowest BCUT2D eigenvalue weighted by Crippen LogP contribution is -2.48. The average Bonchev–Trinajstić information content (AvgIpc) is 3.63. The second-order valence-corrected chi connectivity index (χ2v) is 15.4. The van der Waals surface area contributed by atoms with Crippen molar-refractivity contribution < 1.29 is 48.2 Å². The Labute approximate surface area is 313 Å². The minimum absolute atomic E-state index is 0.0548. The summed E-state index contributed by atoms with van der Waals surface area (Å²) < 4.78 is 45.1. The van der Waals surface area contributed by atoms with Gasteiger partial charge in [0.05, 0.1) is 25.4 Å². The number of fused-ring (bicyclic) bond motifs is 1. The second kappa shape index (κ2) is 17.2. The Morgan fingerprint density at radius 2 is 1.65 bits per heavy atom. The lowest BCUT2D eigenvalue weighted by atomic mass is 10.0. The Morgan fingerprint density at radius 1 is 1.02 bits per heavy atom. The molecule has 6 atom stereocenters. The number of hydrogen-bond donors (Lipinski definition) is 6. The first-order valence-electron chi connectivity index (χ1n) is 17.4. The van der Waals surface area contributed by atoms with Crippen molar-refractivity contribution in [2.24, 2.45) is 0 Å². The Balaban J connectivity index is 1.49. The molecule has 54 heavy (non-hydrogen) atoms. The topological polar surface area (TPSA) is 235 Å². The van der Waals surface area contributed by atoms with Gasteiger partial charge in [-0.15, -0.1) is 0 Å². The third-order valence-corrected chi connectivity index (χ3v) is 10.2. The van der Waals surface area contributed by atoms with Crippen molar-refractivity contribution in [1.82, 2.24) is 29.7 Å².